The van der Waals surface area contributed by atoms with E-state index < -0.39 is 0 Å². The highest BCUT2D eigenvalue weighted by atomic mass is 14.9. The minimum Gasteiger partial charge on any atom is -0.382 e. The van der Waals surface area contributed by atoms with Gasteiger partial charge in [-0.2, -0.15) is 0 Å². The Labute approximate surface area is 107 Å². The van der Waals surface area contributed by atoms with Crippen molar-refractivity contribution in [2.45, 2.75) is 47.5 Å². The van der Waals surface area contributed by atoms with Crippen molar-refractivity contribution in [3.05, 3.63) is 47.2 Å². The molecule has 0 rings (SSSR count). The van der Waals surface area contributed by atoms with Gasteiger partial charge in [0, 0.05) is 12.2 Å². The Hall–Kier alpha value is -1.24. The zero-order valence-corrected chi connectivity index (χ0v) is 12.1. The first kappa shape index (κ1) is 15.8. The molecule has 0 saturated carbocycles. The normalized spacial score (nSPS) is 10.8. The molecule has 17 heavy (non-hydrogen) atoms. The standard InChI is InChI=1S/C16H27N/c1-13(2)8-7-9-15(5)10-11-17-16(6)12-14(3)4/h8,10,12,17H,6-7,9,11H2,1-5H3/b15-10-. The first-order valence-corrected chi connectivity index (χ1v) is 6.28. The Morgan fingerprint density at radius 3 is 2.18 bits per heavy atom. The van der Waals surface area contributed by atoms with Crippen LogP contribution in [0.4, 0.5) is 0 Å². The second-order valence-corrected chi connectivity index (χ2v) is 5.00. The maximum atomic E-state index is 3.95. The predicted octanol–water partition coefficient (Wildman–Crippen LogP) is 4.75. The van der Waals surface area contributed by atoms with Crippen LogP contribution in [0.5, 0.6) is 0 Å². The third kappa shape index (κ3) is 11.0. The van der Waals surface area contributed by atoms with E-state index >= 15 is 0 Å². The Balaban J connectivity index is 3.88. The predicted molar refractivity (Wildman–Crippen MR) is 79.0 cm³/mol. The second-order valence-electron chi connectivity index (χ2n) is 5.00. The van der Waals surface area contributed by atoms with Crippen LogP contribution in [0, 0.1) is 0 Å². The van der Waals surface area contributed by atoms with Crippen molar-refractivity contribution in [3.63, 3.8) is 0 Å². The van der Waals surface area contributed by atoms with Crippen LogP contribution in [0.25, 0.3) is 0 Å². The number of nitrogens with one attached hydrogen (secondary N) is 1. The van der Waals surface area contributed by atoms with E-state index in [4.69, 9.17) is 0 Å². The minimum absolute atomic E-state index is 0.864. The van der Waals surface area contributed by atoms with E-state index in [1.807, 2.05) is 0 Å². The fourth-order valence-corrected chi connectivity index (χ4v) is 1.45. The summed E-state index contributed by atoms with van der Waals surface area (Å²) in [4.78, 5) is 0. The summed E-state index contributed by atoms with van der Waals surface area (Å²) in [6.45, 7) is 15.4. The van der Waals surface area contributed by atoms with Crippen LogP contribution >= 0.6 is 0 Å². The molecule has 96 valence electrons. The number of rotatable bonds is 7. The minimum atomic E-state index is 0.864. The third-order valence-electron chi connectivity index (χ3n) is 2.33. The first-order valence-electron chi connectivity index (χ1n) is 6.28. The van der Waals surface area contributed by atoms with E-state index in [9.17, 15) is 0 Å². The molecule has 0 aromatic rings. The summed E-state index contributed by atoms with van der Waals surface area (Å²) >= 11 is 0. The van der Waals surface area contributed by atoms with Gasteiger partial charge < -0.3 is 5.32 Å². The van der Waals surface area contributed by atoms with Crippen molar-refractivity contribution < 1.29 is 0 Å². The van der Waals surface area contributed by atoms with Crippen molar-refractivity contribution in [2.24, 2.45) is 0 Å². The molecule has 0 aromatic heterocycles. The lowest BCUT2D eigenvalue weighted by atomic mass is 10.1. The summed E-state index contributed by atoms with van der Waals surface area (Å²) in [5.41, 5.74) is 5.08. The molecule has 0 aromatic carbocycles. The van der Waals surface area contributed by atoms with Crippen molar-refractivity contribution >= 4 is 0 Å². The summed E-state index contributed by atoms with van der Waals surface area (Å²) in [6, 6.07) is 0. The molecule has 0 spiro atoms. The summed E-state index contributed by atoms with van der Waals surface area (Å²) in [6.07, 6.45) is 8.86. The van der Waals surface area contributed by atoms with E-state index in [1.165, 1.54) is 16.7 Å². The van der Waals surface area contributed by atoms with Crippen LogP contribution in [-0.4, -0.2) is 6.54 Å². The molecule has 0 atom stereocenters. The summed E-state index contributed by atoms with van der Waals surface area (Å²) < 4.78 is 0. The molecule has 0 unspecified atom stereocenters. The SMILES string of the molecule is C=C(C=C(C)C)NC/C=C(/C)CCC=C(C)C. The highest BCUT2D eigenvalue weighted by molar-refractivity contribution is 5.17. The van der Waals surface area contributed by atoms with E-state index in [1.54, 1.807) is 0 Å². The summed E-state index contributed by atoms with van der Waals surface area (Å²) in [7, 11) is 0. The van der Waals surface area contributed by atoms with Gasteiger partial charge >= 0.3 is 0 Å². The van der Waals surface area contributed by atoms with Gasteiger partial charge in [0.15, 0.2) is 0 Å². The highest BCUT2D eigenvalue weighted by Gasteiger charge is 1.90. The number of hydrogen-bond acceptors (Lipinski definition) is 1. The lowest BCUT2D eigenvalue weighted by molar-refractivity contribution is 0.901. The lowest BCUT2D eigenvalue weighted by Crippen LogP contribution is -2.10. The average molecular weight is 233 g/mol. The molecule has 1 nitrogen and oxygen atoms in total. The Kier molecular flexibility index (Phi) is 8.21. The molecule has 0 aliphatic carbocycles. The van der Waals surface area contributed by atoms with Gasteiger partial charge in [0.1, 0.15) is 0 Å². The molecular formula is C16H27N. The molecule has 0 aliphatic heterocycles. The number of hydrogen-bond donors (Lipinski definition) is 1. The van der Waals surface area contributed by atoms with Gasteiger partial charge in [-0.05, 0) is 53.5 Å². The Morgan fingerprint density at radius 2 is 1.65 bits per heavy atom. The second kappa shape index (κ2) is 8.86. The molecule has 0 fully saturated rings. The highest BCUT2D eigenvalue weighted by Crippen LogP contribution is 2.06. The summed E-state index contributed by atoms with van der Waals surface area (Å²) in [5.74, 6) is 0. The van der Waals surface area contributed by atoms with E-state index in [-0.39, 0.29) is 0 Å². The average Bonchev–Trinajstić information content (AvgIpc) is 2.15. The molecule has 0 aliphatic rings. The lowest BCUT2D eigenvalue weighted by Gasteiger charge is -2.04. The third-order valence-corrected chi connectivity index (χ3v) is 2.33. The van der Waals surface area contributed by atoms with Gasteiger partial charge in [0.05, 0.1) is 0 Å². The van der Waals surface area contributed by atoms with E-state index in [0.29, 0.717) is 0 Å². The van der Waals surface area contributed by atoms with Crippen molar-refractivity contribution in [2.75, 3.05) is 6.54 Å². The molecule has 0 saturated heterocycles. The van der Waals surface area contributed by atoms with Gasteiger partial charge in [-0.25, -0.2) is 0 Å². The molecule has 0 amide bonds. The smallest absolute Gasteiger partial charge is 0.0333 e. The maximum absolute atomic E-state index is 3.95. The van der Waals surface area contributed by atoms with Gasteiger partial charge in [-0.15, -0.1) is 0 Å². The monoisotopic (exact) mass is 233 g/mol. The topological polar surface area (TPSA) is 12.0 Å². The fourth-order valence-electron chi connectivity index (χ4n) is 1.45. The van der Waals surface area contributed by atoms with Gasteiger partial charge in [0.2, 0.25) is 0 Å². The van der Waals surface area contributed by atoms with Crippen LogP contribution in [-0.2, 0) is 0 Å². The Bertz CT molecular complexity index is 321. The van der Waals surface area contributed by atoms with Crippen LogP contribution in [0.3, 0.4) is 0 Å². The molecule has 0 radical (unpaired) electrons. The van der Waals surface area contributed by atoms with Crippen molar-refractivity contribution in [1.82, 2.24) is 5.32 Å². The maximum Gasteiger partial charge on any atom is 0.0333 e. The van der Waals surface area contributed by atoms with Gasteiger partial charge in [-0.3, -0.25) is 0 Å². The van der Waals surface area contributed by atoms with Gasteiger partial charge in [-0.1, -0.05) is 35.5 Å². The summed E-state index contributed by atoms with van der Waals surface area (Å²) in [5, 5.41) is 3.28. The van der Waals surface area contributed by atoms with Crippen molar-refractivity contribution in [3.8, 4) is 0 Å². The zero-order valence-electron chi connectivity index (χ0n) is 12.1. The van der Waals surface area contributed by atoms with Crippen molar-refractivity contribution in [1.29, 1.82) is 0 Å². The largest absolute Gasteiger partial charge is 0.382 e. The Morgan fingerprint density at radius 1 is 1.00 bits per heavy atom. The van der Waals surface area contributed by atoms with E-state index in [2.05, 4.69) is 64.7 Å². The molecular weight excluding hydrogens is 206 g/mol. The molecule has 1 heteroatoms. The molecule has 0 bridgehead atoms. The van der Waals surface area contributed by atoms with Crippen LogP contribution in [0.2, 0.25) is 0 Å². The first-order chi connectivity index (χ1) is 7.91. The quantitative estimate of drug-likeness (QED) is 0.494. The van der Waals surface area contributed by atoms with Crippen LogP contribution < -0.4 is 5.32 Å². The van der Waals surface area contributed by atoms with Crippen LogP contribution in [0.15, 0.2) is 47.2 Å². The van der Waals surface area contributed by atoms with Crippen LogP contribution in [0.1, 0.15) is 47.5 Å². The molecule has 1 N–H and O–H groups in total. The fraction of sp³-hybridized carbons (Fsp3) is 0.500. The zero-order chi connectivity index (χ0) is 13.3. The van der Waals surface area contributed by atoms with Gasteiger partial charge in [0.25, 0.3) is 0 Å². The van der Waals surface area contributed by atoms with E-state index in [0.717, 1.165) is 25.1 Å². The molecule has 0 heterocycles. The number of allylic oxidation sites excluding steroid dienone is 5.